The summed E-state index contributed by atoms with van der Waals surface area (Å²) in [5, 5.41) is 3.02. The predicted molar refractivity (Wildman–Crippen MR) is 99.3 cm³/mol. The fraction of sp³-hybridized carbons (Fsp3) is 0.619. The minimum absolute atomic E-state index is 0.111. The van der Waals surface area contributed by atoms with Gasteiger partial charge in [-0.1, -0.05) is 37.6 Å². The van der Waals surface area contributed by atoms with Crippen LogP contribution in [0, 0.1) is 25.7 Å². The lowest BCUT2D eigenvalue weighted by molar-refractivity contribution is -0.153. The molecule has 4 heteroatoms. The second-order valence-electron chi connectivity index (χ2n) is 7.81. The van der Waals surface area contributed by atoms with E-state index in [1.807, 2.05) is 26.0 Å². The Hall–Kier alpha value is -1.84. The normalized spacial score (nSPS) is 23.4. The summed E-state index contributed by atoms with van der Waals surface area (Å²) in [6.45, 7) is 8.49. The lowest BCUT2D eigenvalue weighted by Gasteiger charge is -2.39. The molecule has 2 rings (SSSR count). The van der Waals surface area contributed by atoms with Gasteiger partial charge in [-0.05, 0) is 62.5 Å². The molecule has 138 valence electrons. The van der Waals surface area contributed by atoms with Gasteiger partial charge in [0, 0.05) is 0 Å². The molecule has 0 saturated heterocycles. The van der Waals surface area contributed by atoms with Crippen molar-refractivity contribution in [3.8, 4) is 0 Å². The number of nitrogens with one attached hydrogen (secondary N) is 1. The summed E-state index contributed by atoms with van der Waals surface area (Å²) >= 11 is 0. The van der Waals surface area contributed by atoms with Crippen LogP contribution in [0.25, 0.3) is 0 Å². The first-order chi connectivity index (χ1) is 11.8. The Balaban J connectivity index is 2.09. The molecule has 0 unspecified atom stereocenters. The molecule has 1 amide bonds. The van der Waals surface area contributed by atoms with Crippen molar-refractivity contribution in [2.75, 3.05) is 7.11 Å². The Morgan fingerprint density at radius 3 is 2.40 bits per heavy atom. The van der Waals surface area contributed by atoms with E-state index in [4.69, 9.17) is 4.74 Å². The van der Waals surface area contributed by atoms with E-state index in [9.17, 15) is 9.59 Å². The van der Waals surface area contributed by atoms with Gasteiger partial charge in [-0.25, -0.2) is 4.79 Å². The second-order valence-corrected chi connectivity index (χ2v) is 7.81. The van der Waals surface area contributed by atoms with Gasteiger partial charge in [0.05, 0.1) is 13.5 Å². The van der Waals surface area contributed by atoms with Crippen LogP contribution in [0.5, 0.6) is 0 Å². The van der Waals surface area contributed by atoms with Gasteiger partial charge in [0.2, 0.25) is 5.91 Å². The van der Waals surface area contributed by atoms with Crippen LogP contribution < -0.4 is 5.32 Å². The van der Waals surface area contributed by atoms with Crippen molar-refractivity contribution >= 4 is 11.9 Å². The van der Waals surface area contributed by atoms with Gasteiger partial charge in [0.1, 0.15) is 5.54 Å². The average molecular weight is 345 g/mol. The van der Waals surface area contributed by atoms with E-state index < -0.39 is 5.54 Å². The van der Waals surface area contributed by atoms with E-state index in [2.05, 4.69) is 25.2 Å². The Morgan fingerprint density at radius 1 is 1.24 bits per heavy atom. The van der Waals surface area contributed by atoms with Crippen LogP contribution in [-0.2, 0) is 20.7 Å². The highest BCUT2D eigenvalue weighted by Gasteiger charge is 2.44. The van der Waals surface area contributed by atoms with E-state index in [0.717, 1.165) is 24.0 Å². The summed E-state index contributed by atoms with van der Waals surface area (Å²) in [5.74, 6) is 0.777. The standard InChI is InChI=1S/C21H31NO3/c1-14(2)17-8-10-21(11-9-17,20(24)25-5)22-19(23)13-18-7-6-15(3)12-16(18)4/h6-7,12,14,17H,8-11,13H2,1-5H3,(H,22,23). The molecule has 1 aromatic rings. The van der Waals surface area contributed by atoms with Crippen LogP contribution >= 0.6 is 0 Å². The van der Waals surface area contributed by atoms with Crippen LogP contribution in [0.3, 0.4) is 0 Å². The highest BCUT2D eigenvalue weighted by Crippen LogP contribution is 2.36. The van der Waals surface area contributed by atoms with Crippen molar-refractivity contribution in [1.29, 1.82) is 0 Å². The van der Waals surface area contributed by atoms with Crippen molar-refractivity contribution in [2.45, 2.75) is 65.3 Å². The number of rotatable bonds is 5. The van der Waals surface area contributed by atoms with Gasteiger partial charge in [-0.3, -0.25) is 4.79 Å². The van der Waals surface area contributed by atoms with Crippen molar-refractivity contribution in [3.05, 3.63) is 34.9 Å². The van der Waals surface area contributed by atoms with E-state index in [1.165, 1.54) is 12.7 Å². The minimum atomic E-state index is -0.865. The van der Waals surface area contributed by atoms with Crippen LogP contribution in [0.2, 0.25) is 0 Å². The van der Waals surface area contributed by atoms with E-state index in [1.54, 1.807) is 0 Å². The summed E-state index contributed by atoms with van der Waals surface area (Å²) in [6.07, 6.45) is 3.48. The molecular weight excluding hydrogens is 314 g/mol. The van der Waals surface area contributed by atoms with Gasteiger partial charge in [-0.15, -0.1) is 0 Å². The molecular formula is C21H31NO3. The Morgan fingerprint density at radius 2 is 1.88 bits per heavy atom. The number of aryl methyl sites for hydroxylation is 2. The first-order valence-corrected chi connectivity index (χ1v) is 9.23. The fourth-order valence-electron chi connectivity index (χ4n) is 3.90. The monoisotopic (exact) mass is 345 g/mol. The predicted octanol–water partition coefficient (Wildman–Crippen LogP) is 3.72. The molecule has 1 aromatic carbocycles. The largest absolute Gasteiger partial charge is 0.467 e. The van der Waals surface area contributed by atoms with Gasteiger partial charge in [0.25, 0.3) is 0 Å². The Bertz CT molecular complexity index is 628. The van der Waals surface area contributed by atoms with Crippen molar-refractivity contribution in [1.82, 2.24) is 5.32 Å². The maximum atomic E-state index is 12.6. The van der Waals surface area contributed by atoms with Gasteiger partial charge < -0.3 is 10.1 Å². The molecule has 1 aliphatic rings. The third-order valence-electron chi connectivity index (χ3n) is 5.63. The third-order valence-corrected chi connectivity index (χ3v) is 5.63. The number of carbonyl (C=O) groups is 2. The zero-order valence-corrected chi connectivity index (χ0v) is 16.1. The number of amides is 1. The summed E-state index contributed by atoms with van der Waals surface area (Å²) in [5.41, 5.74) is 2.42. The van der Waals surface area contributed by atoms with Crippen molar-refractivity contribution < 1.29 is 14.3 Å². The number of hydrogen-bond donors (Lipinski definition) is 1. The summed E-state index contributed by atoms with van der Waals surface area (Å²) < 4.78 is 5.03. The molecule has 0 heterocycles. The van der Waals surface area contributed by atoms with Crippen LogP contribution in [0.4, 0.5) is 0 Å². The zero-order chi connectivity index (χ0) is 18.6. The Labute approximate surface area is 151 Å². The number of hydrogen-bond acceptors (Lipinski definition) is 3. The van der Waals surface area contributed by atoms with Crippen LogP contribution in [0.15, 0.2) is 18.2 Å². The lowest BCUT2D eigenvalue weighted by Crippen LogP contribution is -2.57. The molecule has 1 N–H and O–H groups in total. The molecule has 0 spiro atoms. The molecule has 4 nitrogen and oxygen atoms in total. The quantitative estimate of drug-likeness (QED) is 0.828. The molecule has 0 aliphatic heterocycles. The van der Waals surface area contributed by atoms with Crippen molar-refractivity contribution in [2.24, 2.45) is 11.8 Å². The first-order valence-electron chi connectivity index (χ1n) is 9.23. The highest BCUT2D eigenvalue weighted by molar-refractivity contribution is 5.89. The number of carbonyl (C=O) groups excluding carboxylic acids is 2. The van der Waals surface area contributed by atoms with Gasteiger partial charge >= 0.3 is 5.97 Å². The molecule has 1 saturated carbocycles. The fourth-order valence-corrected chi connectivity index (χ4v) is 3.90. The van der Waals surface area contributed by atoms with Crippen LogP contribution in [-0.4, -0.2) is 24.5 Å². The van der Waals surface area contributed by atoms with E-state index >= 15 is 0 Å². The molecule has 0 atom stereocenters. The second kappa shape index (κ2) is 8.03. The number of esters is 1. The maximum absolute atomic E-state index is 12.6. The molecule has 1 fully saturated rings. The minimum Gasteiger partial charge on any atom is -0.467 e. The number of benzene rings is 1. The highest BCUT2D eigenvalue weighted by atomic mass is 16.5. The average Bonchev–Trinajstić information content (AvgIpc) is 2.57. The molecule has 0 radical (unpaired) electrons. The van der Waals surface area contributed by atoms with Crippen molar-refractivity contribution in [3.63, 3.8) is 0 Å². The summed E-state index contributed by atoms with van der Waals surface area (Å²) in [7, 11) is 1.40. The van der Waals surface area contributed by atoms with Gasteiger partial charge in [0.15, 0.2) is 0 Å². The first kappa shape index (κ1) is 19.5. The molecule has 1 aliphatic carbocycles. The molecule has 0 bridgehead atoms. The SMILES string of the molecule is COC(=O)C1(NC(=O)Cc2ccc(C)cc2C)CCC(C(C)C)CC1. The topological polar surface area (TPSA) is 55.4 Å². The smallest absolute Gasteiger partial charge is 0.331 e. The molecule has 25 heavy (non-hydrogen) atoms. The summed E-state index contributed by atoms with van der Waals surface area (Å²) in [6, 6.07) is 6.08. The van der Waals surface area contributed by atoms with Gasteiger partial charge in [-0.2, -0.15) is 0 Å². The zero-order valence-electron chi connectivity index (χ0n) is 16.1. The molecule has 0 aromatic heterocycles. The number of ether oxygens (including phenoxy) is 1. The van der Waals surface area contributed by atoms with E-state index in [-0.39, 0.29) is 11.9 Å². The number of methoxy groups -OCH3 is 1. The maximum Gasteiger partial charge on any atom is 0.331 e. The summed E-state index contributed by atoms with van der Waals surface area (Å²) in [4.78, 5) is 25.1. The lowest BCUT2D eigenvalue weighted by atomic mass is 9.72. The Kier molecular flexibility index (Phi) is 6.26. The van der Waals surface area contributed by atoms with E-state index in [0.29, 0.717) is 31.1 Å². The van der Waals surface area contributed by atoms with Crippen LogP contribution in [0.1, 0.15) is 56.2 Å². The third kappa shape index (κ3) is 4.62.